The molecule has 0 heterocycles. The maximum absolute atomic E-state index is 12.0. The van der Waals surface area contributed by atoms with Crippen LogP contribution in [0.1, 0.15) is 79.8 Å². The van der Waals surface area contributed by atoms with Crippen LogP contribution in [0.3, 0.4) is 0 Å². The van der Waals surface area contributed by atoms with Crippen molar-refractivity contribution in [1.82, 2.24) is 0 Å². The molecule has 0 atom stereocenters. The first kappa shape index (κ1) is 15.9. The summed E-state index contributed by atoms with van der Waals surface area (Å²) in [4.78, 5) is 12.0. The third kappa shape index (κ3) is 6.04. The van der Waals surface area contributed by atoms with Crippen molar-refractivity contribution < 1.29 is 4.79 Å². The monoisotopic (exact) mass is 260 g/mol. The summed E-state index contributed by atoms with van der Waals surface area (Å²) in [6.45, 7) is 6.39. The zero-order valence-corrected chi connectivity index (χ0v) is 12.8. The number of carbonyl (C=O) groups excluding carboxylic acids is 1. The standard InChI is InChI=1S/C18H28O/c1-4-5-6-7-8-9-10-11-18(19)17-13-12-15(2)16(3)14-17/h12-14H,4-11H2,1-3H3. The Balaban J connectivity index is 2.22. The van der Waals surface area contributed by atoms with E-state index >= 15 is 0 Å². The summed E-state index contributed by atoms with van der Waals surface area (Å²) in [5.74, 6) is 0.302. The molecule has 0 N–H and O–H groups in total. The molecule has 0 bridgehead atoms. The molecule has 1 aromatic rings. The summed E-state index contributed by atoms with van der Waals surface area (Å²) >= 11 is 0. The highest BCUT2D eigenvalue weighted by Crippen LogP contribution is 2.14. The zero-order valence-electron chi connectivity index (χ0n) is 12.8. The molecule has 0 aromatic heterocycles. The first-order valence-electron chi connectivity index (χ1n) is 7.75. The summed E-state index contributed by atoms with van der Waals surface area (Å²) in [6.07, 6.45) is 9.54. The molecule has 1 heteroatoms. The maximum atomic E-state index is 12.0. The van der Waals surface area contributed by atoms with Gasteiger partial charge in [-0.25, -0.2) is 0 Å². The van der Waals surface area contributed by atoms with Gasteiger partial charge in [0.25, 0.3) is 0 Å². The predicted octanol–water partition coefficient (Wildman–Crippen LogP) is 5.63. The van der Waals surface area contributed by atoms with Crippen LogP contribution in [0.2, 0.25) is 0 Å². The van der Waals surface area contributed by atoms with Gasteiger partial charge in [0, 0.05) is 12.0 Å². The van der Waals surface area contributed by atoms with E-state index in [1.165, 1.54) is 49.7 Å². The van der Waals surface area contributed by atoms with Crippen molar-refractivity contribution in [3.8, 4) is 0 Å². The van der Waals surface area contributed by atoms with Crippen molar-refractivity contribution in [1.29, 1.82) is 0 Å². The van der Waals surface area contributed by atoms with E-state index in [4.69, 9.17) is 0 Å². The topological polar surface area (TPSA) is 17.1 Å². The molecule has 1 nitrogen and oxygen atoms in total. The van der Waals surface area contributed by atoms with Gasteiger partial charge in [0.05, 0.1) is 0 Å². The Morgan fingerprint density at radius 1 is 0.895 bits per heavy atom. The van der Waals surface area contributed by atoms with Crippen molar-refractivity contribution >= 4 is 5.78 Å². The summed E-state index contributed by atoms with van der Waals surface area (Å²) in [5, 5.41) is 0. The minimum absolute atomic E-state index is 0.302. The van der Waals surface area contributed by atoms with Crippen LogP contribution in [0.25, 0.3) is 0 Å². The van der Waals surface area contributed by atoms with Crippen LogP contribution in [0, 0.1) is 13.8 Å². The molecular formula is C18H28O. The van der Waals surface area contributed by atoms with E-state index in [-0.39, 0.29) is 0 Å². The predicted molar refractivity (Wildman–Crippen MR) is 82.9 cm³/mol. The molecule has 0 saturated heterocycles. The summed E-state index contributed by atoms with van der Waals surface area (Å²) in [6, 6.07) is 6.04. The van der Waals surface area contributed by atoms with Crippen molar-refractivity contribution in [2.75, 3.05) is 0 Å². The van der Waals surface area contributed by atoms with Gasteiger partial charge in [0.15, 0.2) is 5.78 Å². The molecule has 0 radical (unpaired) electrons. The fraction of sp³-hybridized carbons (Fsp3) is 0.611. The number of Topliss-reactive ketones (excluding diaryl/α,β-unsaturated/α-hetero) is 1. The highest BCUT2D eigenvalue weighted by atomic mass is 16.1. The Kier molecular flexibility index (Phi) is 7.47. The zero-order chi connectivity index (χ0) is 14.1. The van der Waals surface area contributed by atoms with Crippen LogP contribution in [-0.2, 0) is 0 Å². The maximum Gasteiger partial charge on any atom is 0.162 e. The van der Waals surface area contributed by atoms with Gasteiger partial charge in [-0.05, 0) is 37.5 Å². The number of carbonyl (C=O) groups is 1. The molecule has 1 aromatic carbocycles. The summed E-state index contributed by atoms with van der Waals surface area (Å²) < 4.78 is 0. The molecular weight excluding hydrogens is 232 g/mol. The normalized spacial score (nSPS) is 10.7. The molecule has 1 rings (SSSR count). The SMILES string of the molecule is CCCCCCCCCC(=O)c1ccc(C)c(C)c1. The second kappa shape index (κ2) is 8.90. The van der Waals surface area contributed by atoms with Crippen LogP contribution >= 0.6 is 0 Å². The highest BCUT2D eigenvalue weighted by molar-refractivity contribution is 5.96. The van der Waals surface area contributed by atoms with Crippen molar-refractivity contribution in [2.24, 2.45) is 0 Å². The second-order valence-electron chi connectivity index (χ2n) is 5.59. The van der Waals surface area contributed by atoms with Crippen LogP contribution in [0.15, 0.2) is 18.2 Å². The number of unbranched alkanes of at least 4 members (excludes halogenated alkanes) is 6. The van der Waals surface area contributed by atoms with Crippen LogP contribution in [-0.4, -0.2) is 5.78 Å². The molecule has 0 aliphatic heterocycles. The van der Waals surface area contributed by atoms with E-state index in [1.54, 1.807) is 0 Å². The first-order valence-corrected chi connectivity index (χ1v) is 7.75. The van der Waals surface area contributed by atoms with Crippen molar-refractivity contribution in [3.05, 3.63) is 34.9 Å². The van der Waals surface area contributed by atoms with E-state index in [1.807, 2.05) is 18.2 Å². The third-order valence-electron chi connectivity index (χ3n) is 3.84. The summed E-state index contributed by atoms with van der Waals surface area (Å²) in [7, 11) is 0. The second-order valence-corrected chi connectivity index (χ2v) is 5.59. The van der Waals surface area contributed by atoms with Gasteiger partial charge < -0.3 is 0 Å². The first-order chi connectivity index (χ1) is 9.15. The minimum Gasteiger partial charge on any atom is -0.294 e. The third-order valence-corrected chi connectivity index (χ3v) is 3.84. The van der Waals surface area contributed by atoms with Gasteiger partial charge in [-0.2, -0.15) is 0 Å². The van der Waals surface area contributed by atoms with Gasteiger partial charge >= 0.3 is 0 Å². The van der Waals surface area contributed by atoms with Gasteiger partial charge in [-0.15, -0.1) is 0 Å². The Bertz CT molecular complexity index is 393. The Labute approximate surface area is 118 Å². The fourth-order valence-electron chi connectivity index (χ4n) is 2.30. The molecule has 0 unspecified atom stereocenters. The van der Waals surface area contributed by atoms with Crippen molar-refractivity contribution in [2.45, 2.75) is 72.1 Å². The number of hydrogen-bond acceptors (Lipinski definition) is 1. The lowest BCUT2D eigenvalue weighted by molar-refractivity contribution is 0.0979. The molecule has 0 saturated carbocycles. The number of benzene rings is 1. The van der Waals surface area contributed by atoms with Crippen LogP contribution in [0.5, 0.6) is 0 Å². The molecule has 0 fully saturated rings. The van der Waals surface area contributed by atoms with Gasteiger partial charge in [-0.1, -0.05) is 57.6 Å². The molecule has 19 heavy (non-hydrogen) atoms. The Morgan fingerprint density at radius 3 is 2.16 bits per heavy atom. The largest absolute Gasteiger partial charge is 0.294 e. The highest BCUT2D eigenvalue weighted by Gasteiger charge is 2.06. The van der Waals surface area contributed by atoms with Gasteiger partial charge in [0.2, 0.25) is 0 Å². The number of ketones is 1. The van der Waals surface area contributed by atoms with Gasteiger partial charge in [0.1, 0.15) is 0 Å². The number of rotatable bonds is 9. The molecule has 0 spiro atoms. The van der Waals surface area contributed by atoms with Crippen LogP contribution in [0.4, 0.5) is 0 Å². The molecule has 106 valence electrons. The number of hydrogen-bond donors (Lipinski definition) is 0. The lowest BCUT2D eigenvalue weighted by atomic mass is 10.00. The Hall–Kier alpha value is -1.11. The number of aryl methyl sites for hydroxylation is 2. The molecule has 0 aliphatic rings. The van der Waals surface area contributed by atoms with E-state index in [2.05, 4.69) is 20.8 Å². The average molecular weight is 260 g/mol. The van der Waals surface area contributed by atoms with Gasteiger partial charge in [-0.3, -0.25) is 4.79 Å². The van der Waals surface area contributed by atoms with E-state index in [0.717, 1.165) is 12.0 Å². The van der Waals surface area contributed by atoms with Crippen LogP contribution < -0.4 is 0 Å². The lowest BCUT2D eigenvalue weighted by Crippen LogP contribution is -2.00. The van der Waals surface area contributed by atoms with Crippen molar-refractivity contribution in [3.63, 3.8) is 0 Å². The molecule has 0 aliphatic carbocycles. The fourth-order valence-corrected chi connectivity index (χ4v) is 2.30. The van der Waals surface area contributed by atoms with E-state index in [0.29, 0.717) is 12.2 Å². The quantitative estimate of drug-likeness (QED) is 0.415. The molecule has 0 amide bonds. The minimum atomic E-state index is 0.302. The lowest BCUT2D eigenvalue weighted by Gasteiger charge is -2.05. The average Bonchev–Trinajstić information content (AvgIpc) is 2.40. The Morgan fingerprint density at radius 2 is 1.53 bits per heavy atom. The summed E-state index contributed by atoms with van der Waals surface area (Å²) in [5.41, 5.74) is 3.35. The smallest absolute Gasteiger partial charge is 0.162 e. The van der Waals surface area contributed by atoms with E-state index < -0.39 is 0 Å². The van der Waals surface area contributed by atoms with E-state index in [9.17, 15) is 4.79 Å².